The average Bonchev–Trinajstić information content (AvgIpc) is 3.20. The first kappa shape index (κ1) is 24.5. The first-order valence-electron chi connectivity index (χ1n) is 11.0. The summed E-state index contributed by atoms with van der Waals surface area (Å²) in [6.07, 6.45) is 4.36. The number of rotatable bonds is 7. The summed E-state index contributed by atoms with van der Waals surface area (Å²) in [5.41, 5.74) is 1.96. The van der Waals surface area contributed by atoms with Crippen LogP contribution in [0.2, 0.25) is 0 Å². The first-order chi connectivity index (χ1) is 17.2. The molecule has 1 amide bonds. The number of hydrogen-bond acceptors (Lipinski definition) is 8. The molecule has 0 fully saturated rings. The number of aryl methyl sites for hydroxylation is 3. The summed E-state index contributed by atoms with van der Waals surface area (Å²) in [5.74, 6) is 1.32. The Kier molecular flexibility index (Phi) is 6.73. The number of amides is 1. The van der Waals surface area contributed by atoms with Crippen LogP contribution in [-0.4, -0.2) is 32.3 Å². The number of nitrogens with zero attached hydrogens (tertiary/aromatic N) is 4. The van der Waals surface area contributed by atoms with Crippen LogP contribution in [0, 0.1) is 13.8 Å². The topological polar surface area (TPSA) is 130 Å². The number of fused-ring (bicyclic) bond motifs is 1. The number of benzene rings is 1. The molecule has 4 aromatic rings. The van der Waals surface area contributed by atoms with Gasteiger partial charge in [-0.25, -0.2) is 9.78 Å². The van der Waals surface area contributed by atoms with Gasteiger partial charge in [0.15, 0.2) is 11.5 Å². The predicted octanol–water partition coefficient (Wildman–Crippen LogP) is 2.48. The molecule has 4 rings (SSSR count). The van der Waals surface area contributed by atoms with E-state index in [-0.39, 0.29) is 17.6 Å². The minimum Gasteiger partial charge on any atom is -0.493 e. The maximum atomic E-state index is 12.5. The molecule has 36 heavy (non-hydrogen) atoms. The number of anilines is 1. The lowest BCUT2D eigenvalue weighted by molar-refractivity contribution is -0.111. The molecule has 0 aliphatic rings. The first-order valence-corrected chi connectivity index (χ1v) is 11.0. The number of hydrogen-bond donors (Lipinski definition) is 1. The monoisotopic (exact) mass is 491 g/mol. The zero-order valence-electron chi connectivity index (χ0n) is 20.5. The van der Waals surface area contributed by atoms with Crippen LogP contribution in [0.5, 0.6) is 11.5 Å². The smallest absolute Gasteiger partial charge is 0.332 e. The number of carbonyl (C=O) groups is 1. The SMILES string of the molecule is COc1cc(/C=C/C(=O)Nc2cnc3c(c2)c(=O)n(C)c(=O)n3C)ccc1OCc1c(C)noc1C. The number of carbonyl (C=O) groups excluding carboxylic acids is 1. The lowest BCUT2D eigenvalue weighted by atomic mass is 10.2. The summed E-state index contributed by atoms with van der Waals surface area (Å²) in [7, 11) is 4.45. The Morgan fingerprint density at radius 2 is 1.92 bits per heavy atom. The van der Waals surface area contributed by atoms with Crippen molar-refractivity contribution >= 4 is 28.7 Å². The number of ether oxygens (including phenoxy) is 2. The summed E-state index contributed by atoms with van der Waals surface area (Å²) in [4.78, 5) is 41.1. The van der Waals surface area contributed by atoms with Crippen molar-refractivity contribution in [2.24, 2.45) is 14.1 Å². The maximum Gasteiger partial charge on any atom is 0.332 e. The minimum atomic E-state index is -0.490. The molecule has 0 saturated heterocycles. The van der Waals surface area contributed by atoms with Crippen molar-refractivity contribution in [1.82, 2.24) is 19.3 Å². The largest absolute Gasteiger partial charge is 0.493 e. The lowest BCUT2D eigenvalue weighted by Gasteiger charge is -2.11. The third-order valence-corrected chi connectivity index (χ3v) is 5.73. The molecule has 0 radical (unpaired) electrons. The van der Waals surface area contributed by atoms with E-state index in [0.717, 1.165) is 15.8 Å². The van der Waals surface area contributed by atoms with Crippen LogP contribution in [0.1, 0.15) is 22.6 Å². The van der Waals surface area contributed by atoms with Gasteiger partial charge >= 0.3 is 5.69 Å². The van der Waals surface area contributed by atoms with Gasteiger partial charge in [-0.1, -0.05) is 11.2 Å². The second-order valence-electron chi connectivity index (χ2n) is 8.13. The molecule has 11 heteroatoms. The Balaban J connectivity index is 1.47. The van der Waals surface area contributed by atoms with Crippen LogP contribution in [0.4, 0.5) is 5.69 Å². The van der Waals surface area contributed by atoms with Gasteiger partial charge in [-0.05, 0) is 43.7 Å². The molecule has 0 unspecified atom stereocenters. The van der Waals surface area contributed by atoms with Crippen LogP contribution in [0.25, 0.3) is 17.1 Å². The van der Waals surface area contributed by atoms with Crippen molar-refractivity contribution in [3.63, 3.8) is 0 Å². The summed E-state index contributed by atoms with van der Waals surface area (Å²) in [5, 5.41) is 6.82. The minimum absolute atomic E-state index is 0.221. The highest BCUT2D eigenvalue weighted by Gasteiger charge is 2.13. The van der Waals surface area contributed by atoms with Gasteiger partial charge in [0.05, 0.1) is 35.6 Å². The van der Waals surface area contributed by atoms with Gasteiger partial charge in [-0.2, -0.15) is 0 Å². The van der Waals surface area contributed by atoms with E-state index >= 15 is 0 Å². The number of pyridine rings is 1. The zero-order chi connectivity index (χ0) is 26.0. The lowest BCUT2D eigenvalue weighted by Crippen LogP contribution is -2.37. The van der Waals surface area contributed by atoms with Gasteiger partial charge in [0.2, 0.25) is 5.91 Å². The van der Waals surface area contributed by atoms with Crippen LogP contribution >= 0.6 is 0 Å². The number of nitrogens with one attached hydrogen (secondary N) is 1. The molecule has 0 bridgehead atoms. The molecule has 0 spiro atoms. The quantitative estimate of drug-likeness (QED) is 0.390. The fourth-order valence-corrected chi connectivity index (χ4v) is 3.65. The number of aromatic nitrogens is 4. The summed E-state index contributed by atoms with van der Waals surface area (Å²) in [6.45, 7) is 3.96. The molecule has 186 valence electrons. The van der Waals surface area contributed by atoms with Gasteiger partial charge in [-0.15, -0.1) is 0 Å². The molecule has 1 N–H and O–H groups in total. The molecule has 0 aliphatic heterocycles. The van der Waals surface area contributed by atoms with E-state index in [2.05, 4.69) is 15.5 Å². The van der Waals surface area contributed by atoms with Crippen molar-refractivity contribution in [1.29, 1.82) is 0 Å². The van der Waals surface area contributed by atoms with Crippen LogP contribution in [-0.2, 0) is 25.5 Å². The fourth-order valence-electron chi connectivity index (χ4n) is 3.65. The maximum absolute atomic E-state index is 12.5. The third-order valence-electron chi connectivity index (χ3n) is 5.73. The van der Waals surface area contributed by atoms with Crippen LogP contribution < -0.4 is 26.0 Å². The molecule has 1 aromatic carbocycles. The Labute approximate surface area is 205 Å². The highest BCUT2D eigenvalue weighted by atomic mass is 16.5. The van der Waals surface area contributed by atoms with Gasteiger partial charge in [0.25, 0.3) is 5.56 Å². The standard InChI is InChI=1S/C25H25N5O6/c1-14-19(15(2)36-28-14)13-35-20-8-6-16(10-21(20)34-5)7-9-22(31)27-17-11-18-23(26-12-17)29(3)25(33)30(4)24(18)32/h6-12H,13H2,1-5H3,(H,27,31)/b9-7+. The van der Waals surface area contributed by atoms with E-state index in [9.17, 15) is 14.4 Å². The van der Waals surface area contributed by atoms with Gasteiger partial charge in [0.1, 0.15) is 18.0 Å². The van der Waals surface area contributed by atoms with Crippen molar-refractivity contribution in [3.05, 3.63) is 80.0 Å². The summed E-state index contributed by atoms with van der Waals surface area (Å²) < 4.78 is 18.7. The molecule has 0 atom stereocenters. The van der Waals surface area contributed by atoms with E-state index in [0.29, 0.717) is 28.5 Å². The summed E-state index contributed by atoms with van der Waals surface area (Å²) in [6, 6.07) is 6.77. The van der Waals surface area contributed by atoms with Crippen molar-refractivity contribution < 1.29 is 18.8 Å². The van der Waals surface area contributed by atoms with E-state index in [1.807, 2.05) is 13.8 Å². The highest BCUT2D eigenvalue weighted by molar-refractivity contribution is 6.02. The Bertz CT molecular complexity index is 1590. The number of methoxy groups -OCH3 is 1. The molecular formula is C25H25N5O6. The van der Waals surface area contributed by atoms with Gasteiger partial charge in [0, 0.05) is 20.2 Å². The normalized spacial score (nSPS) is 11.2. The van der Waals surface area contributed by atoms with E-state index < -0.39 is 17.2 Å². The Morgan fingerprint density at radius 3 is 2.61 bits per heavy atom. The molecule has 3 aromatic heterocycles. The van der Waals surface area contributed by atoms with Gasteiger partial charge in [-0.3, -0.25) is 18.7 Å². The van der Waals surface area contributed by atoms with Crippen LogP contribution in [0.15, 0.2) is 50.7 Å². The Hall–Kier alpha value is -4.67. The molecular weight excluding hydrogens is 466 g/mol. The molecule has 11 nitrogen and oxygen atoms in total. The van der Waals surface area contributed by atoms with Crippen LogP contribution in [0.3, 0.4) is 0 Å². The average molecular weight is 492 g/mol. The van der Waals surface area contributed by atoms with E-state index in [1.54, 1.807) is 24.3 Å². The molecule has 0 saturated carbocycles. The second kappa shape index (κ2) is 9.90. The van der Waals surface area contributed by atoms with Crippen molar-refractivity contribution in [2.45, 2.75) is 20.5 Å². The van der Waals surface area contributed by atoms with E-state index in [4.69, 9.17) is 14.0 Å². The van der Waals surface area contributed by atoms with Crippen molar-refractivity contribution in [2.75, 3.05) is 12.4 Å². The molecule has 0 aliphatic carbocycles. The highest BCUT2D eigenvalue weighted by Crippen LogP contribution is 2.30. The second-order valence-corrected chi connectivity index (χ2v) is 8.13. The summed E-state index contributed by atoms with van der Waals surface area (Å²) >= 11 is 0. The zero-order valence-corrected chi connectivity index (χ0v) is 20.5. The van der Waals surface area contributed by atoms with Crippen molar-refractivity contribution in [3.8, 4) is 11.5 Å². The van der Waals surface area contributed by atoms with E-state index in [1.165, 1.54) is 44.1 Å². The molecule has 3 heterocycles. The van der Waals surface area contributed by atoms with Gasteiger partial charge < -0.3 is 19.3 Å². The third kappa shape index (κ3) is 4.76. The predicted molar refractivity (Wildman–Crippen MR) is 133 cm³/mol. The fraction of sp³-hybridized carbons (Fsp3) is 0.240. The Morgan fingerprint density at radius 1 is 1.14 bits per heavy atom.